The van der Waals surface area contributed by atoms with E-state index in [0.29, 0.717) is 10.6 Å². The van der Waals surface area contributed by atoms with Gasteiger partial charge in [-0.15, -0.1) is 11.6 Å². The average Bonchev–Trinajstić information content (AvgIpc) is 2.45. The molecule has 0 aliphatic heterocycles. The van der Waals surface area contributed by atoms with E-state index in [1.54, 1.807) is 24.3 Å². The predicted octanol–water partition coefficient (Wildman–Crippen LogP) is 4.89. The van der Waals surface area contributed by atoms with Gasteiger partial charge in [0, 0.05) is 5.02 Å². The van der Waals surface area contributed by atoms with Crippen LogP contribution < -0.4 is 5.32 Å². The number of aliphatic hydroxyl groups is 1. The van der Waals surface area contributed by atoms with Gasteiger partial charge in [0.25, 0.3) is 0 Å². The van der Waals surface area contributed by atoms with E-state index < -0.39 is 12.1 Å². The molecule has 0 unspecified atom stereocenters. The SMILES string of the molecule is O=C(CCl)N[C@H](C#CSP(I)I)[C@@H](O)c1ccc(Cl)cc1. The molecule has 1 amide bonds. The van der Waals surface area contributed by atoms with E-state index in [9.17, 15) is 9.90 Å². The van der Waals surface area contributed by atoms with E-state index in [2.05, 4.69) is 60.6 Å². The summed E-state index contributed by atoms with van der Waals surface area (Å²) in [5.74, 6) is 2.32. The molecule has 2 N–H and O–H groups in total. The van der Waals surface area contributed by atoms with Crippen molar-refractivity contribution in [2.75, 3.05) is 5.88 Å². The number of halogens is 4. The van der Waals surface area contributed by atoms with Crippen LogP contribution in [0, 0.1) is 11.2 Å². The number of amides is 1. The average molecular weight is 588 g/mol. The Bertz CT molecular complexity index is 536. The van der Waals surface area contributed by atoms with E-state index in [1.807, 2.05) is 0 Å². The fourth-order valence-corrected chi connectivity index (χ4v) is 3.97. The van der Waals surface area contributed by atoms with Crippen LogP contribution in [-0.4, -0.2) is 22.9 Å². The standard InChI is InChI=1S/C12H10Cl2I2NO2PS/c13-7-11(18)17-10(5-6-21-20(15)16)12(19)8-1-3-9(14)4-2-8/h1-4,10,12,19H,7H2,(H,17,18)/t10-,12+/m1/s1. The van der Waals surface area contributed by atoms with Crippen molar-refractivity contribution in [1.29, 1.82) is 0 Å². The minimum Gasteiger partial charge on any atom is -0.385 e. The summed E-state index contributed by atoms with van der Waals surface area (Å²) in [7, 11) is 0. The number of alkyl halides is 1. The second-order valence-electron chi connectivity index (χ2n) is 3.71. The molecule has 0 aliphatic carbocycles. The van der Waals surface area contributed by atoms with E-state index in [1.165, 1.54) is 11.4 Å². The Morgan fingerprint density at radius 1 is 1.43 bits per heavy atom. The summed E-state index contributed by atoms with van der Waals surface area (Å²) in [4.78, 5) is 11.5. The molecule has 0 bridgehead atoms. The number of aliphatic hydroxyl groups excluding tert-OH is 1. The molecule has 1 rings (SSSR count). The Hall–Kier alpha value is 1.03. The third kappa shape index (κ3) is 7.91. The summed E-state index contributed by atoms with van der Waals surface area (Å²) in [6.07, 6.45) is -0.947. The Morgan fingerprint density at radius 2 is 2.05 bits per heavy atom. The lowest BCUT2D eigenvalue weighted by Gasteiger charge is -2.19. The molecule has 9 heteroatoms. The molecular formula is C12H10Cl2I2NO2PS. The molecule has 0 heterocycles. The van der Waals surface area contributed by atoms with Crippen molar-refractivity contribution in [3.63, 3.8) is 0 Å². The van der Waals surface area contributed by atoms with Gasteiger partial charge in [-0.25, -0.2) is 0 Å². The van der Waals surface area contributed by atoms with Crippen LogP contribution in [0.3, 0.4) is 0 Å². The molecule has 21 heavy (non-hydrogen) atoms. The largest absolute Gasteiger partial charge is 0.385 e. The monoisotopic (exact) mass is 587 g/mol. The molecule has 2 atom stereocenters. The lowest BCUT2D eigenvalue weighted by Crippen LogP contribution is -2.39. The number of carbonyl (C=O) groups excluding carboxylic acids is 1. The molecule has 3 nitrogen and oxygen atoms in total. The summed E-state index contributed by atoms with van der Waals surface area (Å²) in [6, 6.07) is 6.04. The zero-order valence-corrected chi connectivity index (χ0v) is 17.9. The van der Waals surface area contributed by atoms with Crippen LogP contribution in [0.15, 0.2) is 24.3 Å². The van der Waals surface area contributed by atoms with Gasteiger partial charge in [-0.2, -0.15) is 0 Å². The quantitative estimate of drug-likeness (QED) is 0.223. The minimum absolute atomic E-state index is 0.177. The number of hydrogen-bond donors (Lipinski definition) is 2. The van der Waals surface area contributed by atoms with E-state index in [0.717, 1.165) is 0 Å². The molecular weight excluding hydrogens is 578 g/mol. The van der Waals surface area contributed by atoms with Gasteiger partial charge in [0.15, 0.2) is 0 Å². The Balaban J connectivity index is 2.89. The zero-order chi connectivity index (χ0) is 15.8. The zero-order valence-electron chi connectivity index (χ0n) is 10.4. The second-order valence-corrected chi connectivity index (χ2v) is 22.1. The van der Waals surface area contributed by atoms with Gasteiger partial charge in [-0.3, -0.25) is 4.79 Å². The number of rotatable bonds is 5. The third-order valence-corrected chi connectivity index (χ3v) is 7.37. The maximum Gasteiger partial charge on any atom is 0.235 e. The Morgan fingerprint density at radius 3 is 2.57 bits per heavy atom. The van der Waals surface area contributed by atoms with Crippen molar-refractivity contribution in [3.8, 4) is 11.2 Å². The number of carbonyl (C=O) groups is 1. The lowest BCUT2D eigenvalue weighted by molar-refractivity contribution is -0.119. The summed E-state index contributed by atoms with van der Waals surface area (Å²) in [5, 5.41) is 16.5. The highest BCUT2D eigenvalue weighted by Crippen LogP contribution is 2.64. The summed E-state index contributed by atoms with van der Waals surface area (Å²) < 4.78 is -0.288. The van der Waals surface area contributed by atoms with Gasteiger partial charge in [0.1, 0.15) is 18.0 Å². The second kappa shape index (κ2) is 10.7. The summed E-state index contributed by atoms with van der Waals surface area (Å²) in [6.45, 7) is 0. The van der Waals surface area contributed by atoms with Gasteiger partial charge in [0.2, 0.25) is 5.91 Å². The molecule has 0 aliphatic rings. The van der Waals surface area contributed by atoms with Crippen LogP contribution in [0.4, 0.5) is 0 Å². The van der Waals surface area contributed by atoms with Crippen LogP contribution >= 0.6 is 81.1 Å². The first-order valence-corrected chi connectivity index (χ1v) is 14.8. The lowest BCUT2D eigenvalue weighted by atomic mass is 10.0. The molecule has 0 radical (unpaired) electrons. The minimum atomic E-state index is -0.947. The van der Waals surface area contributed by atoms with Gasteiger partial charge in [-0.1, -0.05) is 29.7 Å². The molecule has 0 saturated heterocycles. The van der Waals surface area contributed by atoms with Gasteiger partial charge < -0.3 is 10.4 Å². The van der Waals surface area contributed by atoms with Crippen LogP contribution in [0.2, 0.25) is 5.02 Å². The first kappa shape index (κ1) is 20.1. The molecule has 0 spiro atoms. The Kier molecular flexibility index (Phi) is 10.3. The van der Waals surface area contributed by atoms with Crippen molar-refractivity contribution in [3.05, 3.63) is 34.9 Å². The van der Waals surface area contributed by atoms with Crippen molar-refractivity contribution in [1.82, 2.24) is 5.32 Å². The van der Waals surface area contributed by atoms with Crippen molar-refractivity contribution < 1.29 is 9.90 Å². The molecule has 0 aromatic heterocycles. The van der Waals surface area contributed by atoms with Gasteiger partial charge in [-0.05, 0) is 78.4 Å². The number of benzene rings is 1. The van der Waals surface area contributed by atoms with E-state index in [4.69, 9.17) is 23.2 Å². The van der Waals surface area contributed by atoms with E-state index >= 15 is 0 Å². The van der Waals surface area contributed by atoms with Crippen LogP contribution in [0.25, 0.3) is 0 Å². The van der Waals surface area contributed by atoms with Crippen molar-refractivity contribution >= 4 is 87.0 Å². The summed E-state index contributed by atoms with van der Waals surface area (Å²) >= 11 is 17.3. The third-order valence-electron chi connectivity index (χ3n) is 2.29. The maximum atomic E-state index is 11.5. The number of hydrogen-bond acceptors (Lipinski definition) is 3. The summed E-state index contributed by atoms with van der Waals surface area (Å²) in [5.41, 5.74) is 0.629. The van der Waals surface area contributed by atoms with Crippen molar-refractivity contribution in [2.45, 2.75) is 12.1 Å². The van der Waals surface area contributed by atoms with Crippen LogP contribution in [0.1, 0.15) is 11.7 Å². The molecule has 114 valence electrons. The fraction of sp³-hybridized carbons (Fsp3) is 0.250. The molecule has 1 aromatic carbocycles. The topological polar surface area (TPSA) is 49.3 Å². The fourth-order valence-electron chi connectivity index (χ4n) is 1.38. The van der Waals surface area contributed by atoms with Gasteiger partial charge >= 0.3 is 0 Å². The van der Waals surface area contributed by atoms with E-state index in [-0.39, 0.29) is 14.2 Å². The smallest absolute Gasteiger partial charge is 0.235 e. The highest BCUT2D eigenvalue weighted by Gasteiger charge is 2.20. The highest BCUT2D eigenvalue weighted by molar-refractivity contribution is 14.3. The van der Waals surface area contributed by atoms with Crippen LogP contribution in [-0.2, 0) is 4.79 Å². The normalized spacial score (nSPS) is 13.2. The molecule has 0 fully saturated rings. The van der Waals surface area contributed by atoms with Crippen LogP contribution in [0.5, 0.6) is 0 Å². The highest BCUT2D eigenvalue weighted by atomic mass is 127. The molecule has 1 aromatic rings. The first-order valence-electron chi connectivity index (χ1n) is 5.52. The number of nitrogens with one attached hydrogen (secondary N) is 1. The van der Waals surface area contributed by atoms with Crippen molar-refractivity contribution in [2.24, 2.45) is 0 Å². The maximum absolute atomic E-state index is 11.5. The molecule has 0 saturated carbocycles. The van der Waals surface area contributed by atoms with Gasteiger partial charge in [0.05, 0.1) is 2.41 Å². The predicted molar refractivity (Wildman–Crippen MR) is 109 cm³/mol. The first-order chi connectivity index (χ1) is 9.93. The Labute approximate surface area is 164 Å².